The predicted octanol–water partition coefficient (Wildman–Crippen LogP) is 36.9. The third-order valence-electron chi connectivity index (χ3n) is 29.2. The quantitative estimate of drug-likeness (QED) is 0.101. The summed E-state index contributed by atoms with van der Waals surface area (Å²) in [6.07, 6.45) is 3.74. The summed E-state index contributed by atoms with van der Waals surface area (Å²) in [6, 6.07) is 186. The van der Waals surface area contributed by atoms with Crippen LogP contribution in [0, 0.1) is 0 Å². The van der Waals surface area contributed by atoms with Crippen LogP contribution in [0.2, 0.25) is 0 Å². The number of para-hydroxylation sites is 5. The molecular weight excluding hydrogens is 1860 g/mol. The first-order valence-corrected chi connectivity index (χ1v) is 52.2. The third-order valence-corrected chi connectivity index (χ3v) is 31.6. The van der Waals surface area contributed by atoms with Crippen LogP contribution in [0.25, 0.3) is 274 Å². The molecule has 702 valence electrons. The molecule has 9 heterocycles. The van der Waals surface area contributed by atoms with Gasteiger partial charge in [-0.2, -0.15) is 0 Å². The third kappa shape index (κ3) is 15.9. The van der Waals surface area contributed by atoms with Gasteiger partial charge in [-0.15, -0.1) is 22.7 Å². The molecule has 150 heavy (non-hydrogen) atoms. The Labute approximate surface area is 872 Å². The number of benzene rings is 21. The van der Waals surface area contributed by atoms with Crippen molar-refractivity contribution in [2.45, 2.75) is 0 Å². The predicted molar refractivity (Wildman–Crippen MR) is 629 cm³/mol. The minimum absolute atomic E-state index is 0.652. The first-order valence-electron chi connectivity index (χ1n) is 50.6. The molecule has 10 nitrogen and oxygen atoms in total. The second-order valence-corrected chi connectivity index (χ2v) is 40.0. The van der Waals surface area contributed by atoms with Crippen molar-refractivity contribution in [3.63, 3.8) is 0 Å². The second-order valence-electron chi connectivity index (χ2n) is 37.9. The van der Waals surface area contributed by atoms with Crippen molar-refractivity contribution in [2.75, 3.05) is 0 Å². The van der Waals surface area contributed by atoms with Crippen molar-refractivity contribution >= 4 is 150 Å². The number of nitrogens with zero attached hydrogens (tertiary/aromatic N) is 10. The van der Waals surface area contributed by atoms with Gasteiger partial charge in [0.05, 0.1) is 66.9 Å². The summed E-state index contributed by atoms with van der Waals surface area (Å²) in [7, 11) is 0. The molecule has 0 unspecified atom stereocenters. The summed E-state index contributed by atoms with van der Waals surface area (Å²) in [5.41, 5.74) is 34.6. The van der Waals surface area contributed by atoms with Gasteiger partial charge in [0, 0.05) is 124 Å². The highest BCUT2D eigenvalue weighted by Gasteiger charge is 2.25. The zero-order valence-corrected chi connectivity index (χ0v) is 82.7. The summed E-state index contributed by atoms with van der Waals surface area (Å²) < 4.78 is 14.2. The summed E-state index contributed by atoms with van der Waals surface area (Å²) in [5.74, 6) is 1.97. The molecule has 9 aromatic heterocycles. The molecule has 30 rings (SSSR count). The van der Waals surface area contributed by atoms with Crippen LogP contribution >= 0.6 is 22.7 Å². The summed E-state index contributed by atoms with van der Waals surface area (Å²) in [4.78, 5) is 30.4. The maximum atomic E-state index is 5.19. The van der Waals surface area contributed by atoms with Gasteiger partial charge in [-0.05, 0) is 199 Å². The Balaban J connectivity index is 0.000000108. The molecule has 0 spiro atoms. The van der Waals surface area contributed by atoms with Crippen LogP contribution in [0.15, 0.2) is 534 Å². The highest BCUT2D eigenvalue weighted by atomic mass is 32.1. The first kappa shape index (κ1) is 88.2. The maximum absolute atomic E-state index is 5.19. The number of rotatable bonds is 15. The molecule has 0 aliphatic carbocycles. The van der Waals surface area contributed by atoms with E-state index in [1.165, 1.54) is 172 Å². The smallest absolute Gasteiger partial charge is 0.235 e. The van der Waals surface area contributed by atoms with Crippen LogP contribution in [0.5, 0.6) is 0 Å². The Morgan fingerprint density at radius 1 is 0.147 bits per heavy atom. The van der Waals surface area contributed by atoms with Crippen molar-refractivity contribution in [1.82, 2.24) is 48.2 Å². The van der Waals surface area contributed by atoms with E-state index in [-0.39, 0.29) is 0 Å². The Bertz CT molecular complexity index is 10400. The van der Waals surface area contributed by atoms with Gasteiger partial charge in [0.1, 0.15) is 0 Å². The van der Waals surface area contributed by atoms with E-state index in [2.05, 4.69) is 516 Å². The van der Waals surface area contributed by atoms with Crippen LogP contribution in [0.3, 0.4) is 0 Å². The van der Waals surface area contributed by atoms with E-state index in [9.17, 15) is 0 Å². The van der Waals surface area contributed by atoms with Gasteiger partial charge in [0.15, 0.2) is 0 Å². The largest absolute Gasteiger partial charge is 0.309 e. The zero-order chi connectivity index (χ0) is 99.1. The van der Waals surface area contributed by atoms with Gasteiger partial charge < -0.3 is 4.57 Å². The minimum Gasteiger partial charge on any atom is -0.309 e. The van der Waals surface area contributed by atoms with Gasteiger partial charge >= 0.3 is 0 Å². The van der Waals surface area contributed by atoms with Crippen LogP contribution in [0.4, 0.5) is 0 Å². The average molecular weight is 1950 g/mol. The van der Waals surface area contributed by atoms with Gasteiger partial charge in [-0.25, -0.2) is 29.9 Å². The summed E-state index contributed by atoms with van der Waals surface area (Å²) in [6.45, 7) is 0. The van der Waals surface area contributed by atoms with E-state index >= 15 is 0 Å². The minimum atomic E-state index is 0.652. The second kappa shape index (κ2) is 37.6. The number of hydrogen-bond donors (Lipinski definition) is 0. The monoisotopic (exact) mass is 1950 g/mol. The van der Waals surface area contributed by atoms with Crippen molar-refractivity contribution < 1.29 is 0 Å². The molecule has 0 atom stereocenters. The van der Waals surface area contributed by atoms with Crippen LogP contribution < -0.4 is 0 Å². The Morgan fingerprint density at radius 2 is 0.420 bits per heavy atom. The molecule has 0 aliphatic rings. The van der Waals surface area contributed by atoms with E-state index < -0.39 is 0 Å². The summed E-state index contributed by atoms with van der Waals surface area (Å²) in [5, 5.41) is 14.8. The zero-order valence-electron chi connectivity index (χ0n) is 81.1. The standard InChI is InChI=1S/C46H30N4.2C46H29N3S/c1-4-14-31(15-5-1)40-30-41(32-16-6-2-7-17-32)48-46(47-40)50-43-23-13-11-21-37(43)39-29-34(25-27-45(39)50)33-24-26-44-38(28-33)36-20-10-12-22-42(36)49(44)35-18-8-3-9-19-35;1-2-10-30(11-3-1)33-12-8-13-34(28-33)31-20-22-32(23-21-31)41-26-27-47-46(48-41)49-42-18-6-4-14-37(42)38-25-24-35(29-43(38)49)36-16-9-17-40-39-15-5-7-19-44(39)50-45(36)40;1-2-10-30(11-3-1)33-12-8-13-34(28-33)31-20-22-32(23-21-31)41-26-27-47-46(48-41)49-42-18-6-4-14-37(42)40-29-35(24-25-43(40)49)36-16-9-17-39-38-15-5-7-19-44(38)50-45(36)39/h1-30H;2*1-29H. The normalized spacial score (nSPS) is 11.6. The van der Waals surface area contributed by atoms with Gasteiger partial charge in [0.2, 0.25) is 17.8 Å². The van der Waals surface area contributed by atoms with E-state index in [4.69, 9.17) is 29.9 Å². The van der Waals surface area contributed by atoms with Crippen LogP contribution in [-0.2, 0) is 0 Å². The molecule has 0 bridgehead atoms. The molecule has 21 aromatic carbocycles. The van der Waals surface area contributed by atoms with Crippen molar-refractivity contribution in [3.05, 3.63) is 534 Å². The fourth-order valence-corrected chi connectivity index (χ4v) is 24.5. The molecule has 0 fully saturated rings. The van der Waals surface area contributed by atoms with E-state index in [0.717, 1.165) is 83.8 Å². The van der Waals surface area contributed by atoms with Gasteiger partial charge in [0.25, 0.3) is 0 Å². The lowest BCUT2D eigenvalue weighted by Crippen LogP contribution is -2.03. The maximum Gasteiger partial charge on any atom is 0.235 e. The molecular formula is C138H88N10S2. The number of fused-ring (bicyclic) bond motifs is 18. The molecule has 0 N–H and O–H groups in total. The number of hydrogen-bond acceptors (Lipinski definition) is 8. The molecule has 0 saturated heterocycles. The number of aromatic nitrogens is 10. The lowest BCUT2D eigenvalue weighted by atomic mass is 9.98. The lowest BCUT2D eigenvalue weighted by molar-refractivity contribution is 0.992. The highest BCUT2D eigenvalue weighted by molar-refractivity contribution is 7.26. The molecule has 12 heteroatoms. The first-order chi connectivity index (χ1) is 74.4. The Kier molecular flexibility index (Phi) is 22.1. The Hall–Kier alpha value is -19.5. The van der Waals surface area contributed by atoms with E-state index in [0.29, 0.717) is 17.8 Å². The molecule has 0 amide bonds. The fourth-order valence-electron chi connectivity index (χ4n) is 22.0. The Morgan fingerprint density at radius 3 is 0.867 bits per heavy atom. The van der Waals surface area contributed by atoms with E-state index in [1.807, 2.05) is 59.3 Å². The lowest BCUT2D eigenvalue weighted by Gasteiger charge is -2.12. The molecule has 30 aromatic rings. The molecule has 0 radical (unpaired) electrons. The number of thiophene rings is 2. The fraction of sp³-hybridized carbons (Fsp3) is 0. The van der Waals surface area contributed by atoms with Crippen molar-refractivity contribution in [3.8, 4) is 146 Å². The molecule has 0 saturated carbocycles. The summed E-state index contributed by atoms with van der Waals surface area (Å²) >= 11 is 3.73. The average Bonchev–Trinajstić information content (AvgIpc) is 1.58. The van der Waals surface area contributed by atoms with E-state index in [1.54, 1.807) is 0 Å². The van der Waals surface area contributed by atoms with Gasteiger partial charge in [-0.1, -0.05) is 400 Å². The SMILES string of the molecule is c1ccc(-c2cc(-c3ccccc3)nc(-n3c4ccccc4c4cc(-c5ccc6c(c5)c5ccccc5n6-c5ccccc5)ccc43)n2)cc1.c1ccc(-c2cccc(-c3ccc(-c4ccnc(-n5c6ccccc6c6cc(-c7cccc8c7sc7ccccc78)ccc65)n4)cc3)c2)cc1.c1ccc(-c2cccc(-c3ccc(-c4ccnc(-n5c6ccccc6c6ccc(-c7cccc8c7sc7ccccc78)cc65)n4)cc3)c2)cc1. The highest BCUT2D eigenvalue weighted by Crippen LogP contribution is 2.48. The molecule has 0 aliphatic heterocycles. The van der Waals surface area contributed by atoms with Gasteiger partial charge in [-0.3, -0.25) is 13.7 Å². The van der Waals surface area contributed by atoms with Crippen LogP contribution in [0.1, 0.15) is 0 Å². The van der Waals surface area contributed by atoms with Crippen molar-refractivity contribution in [2.24, 2.45) is 0 Å². The van der Waals surface area contributed by atoms with Crippen molar-refractivity contribution in [1.29, 1.82) is 0 Å². The van der Waals surface area contributed by atoms with Crippen LogP contribution in [-0.4, -0.2) is 48.2 Å². The topological polar surface area (TPSA) is 97.1 Å².